The Kier molecular flexibility index (Phi) is 8.75. The smallest absolute Gasteiger partial charge is 0.353 e. The molecule has 0 aliphatic rings. The molecule has 0 amide bonds. The van der Waals surface area contributed by atoms with Crippen LogP contribution in [-0.2, 0) is 12.8 Å². The molecule has 0 radical (unpaired) electrons. The third kappa shape index (κ3) is 6.68. The fourth-order valence-corrected chi connectivity index (χ4v) is 5.88. The molecule has 0 N–H and O–H groups in total. The fourth-order valence-electron chi connectivity index (χ4n) is 3.54. The van der Waals surface area contributed by atoms with Crippen LogP contribution in [0.4, 0.5) is 0 Å². The first kappa shape index (κ1) is 22.0. The second-order valence-corrected chi connectivity index (χ2v) is 9.96. The van der Waals surface area contributed by atoms with E-state index in [1.54, 1.807) is 11.3 Å². The number of fused-ring (bicyclic) bond motifs is 1. The normalized spacial score (nSPS) is 11.2. The van der Waals surface area contributed by atoms with Gasteiger partial charge >= 0.3 is 5.97 Å². The largest absolute Gasteiger partial charge is 0.422 e. The van der Waals surface area contributed by atoms with E-state index < -0.39 is 0 Å². The molecule has 0 fully saturated rings. The number of hydrogen-bond acceptors (Lipinski definition) is 4. The number of esters is 1. The highest BCUT2D eigenvalue weighted by molar-refractivity contribution is 7.28. The van der Waals surface area contributed by atoms with E-state index in [1.807, 2.05) is 41.7 Å². The van der Waals surface area contributed by atoms with Crippen molar-refractivity contribution in [2.24, 2.45) is 0 Å². The van der Waals surface area contributed by atoms with Crippen molar-refractivity contribution in [1.82, 2.24) is 0 Å². The summed E-state index contributed by atoms with van der Waals surface area (Å²) in [5.41, 5.74) is 1.28. The van der Waals surface area contributed by atoms with Gasteiger partial charge in [-0.2, -0.15) is 0 Å². The van der Waals surface area contributed by atoms with Crippen LogP contribution in [0.1, 0.15) is 85.3 Å². The minimum atomic E-state index is -0.254. The summed E-state index contributed by atoms with van der Waals surface area (Å²) in [6.07, 6.45) is 12.7. The van der Waals surface area contributed by atoms with Crippen LogP contribution in [0.25, 0.3) is 9.40 Å². The van der Waals surface area contributed by atoms with Crippen molar-refractivity contribution in [2.75, 3.05) is 0 Å². The molecule has 0 bridgehead atoms. The van der Waals surface area contributed by atoms with Gasteiger partial charge in [0.2, 0.25) is 0 Å². The molecule has 0 aliphatic heterocycles. The summed E-state index contributed by atoms with van der Waals surface area (Å²) in [6, 6.07) is 12.1. The zero-order chi connectivity index (χ0) is 20.5. The first-order valence-corrected chi connectivity index (χ1v) is 12.7. The van der Waals surface area contributed by atoms with Gasteiger partial charge in [-0.15, -0.1) is 22.7 Å². The lowest BCUT2D eigenvalue weighted by molar-refractivity contribution is 0.0740. The van der Waals surface area contributed by atoms with Gasteiger partial charge in [0.1, 0.15) is 10.6 Å². The van der Waals surface area contributed by atoms with E-state index in [9.17, 15) is 4.79 Å². The molecule has 0 spiro atoms. The van der Waals surface area contributed by atoms with E-state index in [1.165, 1.54) is 64.8 Å². The monoisotopic (exact) mass is 428 g/mol. The molecule has 4 heteroatoms. The molecule has 3 rings (SSSR count). The Balaban J connectivity index is 1.48. The van der Waals surface area contributed by atoms with E-state index in [0.29, 0.717) is 10.6 Å². The molecule has 2 aromatic heterocycles. The molecule has 1 aromatic carbocycles. The molecule has 0 saturated heterocycles. The number of rotatable bonds is 12. The fraction of sp³-hybridized carbons (Fsp3) is 0.480. The average molecular weight is 429 g/mol. The Morgan fingerprint density at radius 3 is 2.17 bits per heavy atom. The Bertz CT molecular complexity index is 858. The van der Waals surface area contributed by atoms with E-state index >= 15 is 0 Å². The topological polar surface area (TPSA) is 26.3 Å². The van der Waals surface area contributed by atoms with Crippen molar-refractivity contribution in [3.63, 3.8) is 0 Å². The predicted octanol–water partition coefficient (Wildman–Crippen LogP) is 8.43. The molecule has 0 atom stereocenters. The van der Waals surface area contributed by atoms with Crippen LogP contribution in [0.3, 0.4) is 0 Å². The molecule has 29 heavy (non-hydrogen) atoms. The number of unbranched alkanes of at least 4 members (excludes halogenated alkanes) is 6. The highest BCUT2D eigenvalue weighted by atomic mass is 32.1. The van der Waals surface area contributed by atoms with Crippen molar-refractivity contribution in [3.05, 3.63) is 51.7 Å². The van der Waals surface area contributed by atoms with Crippen LogP contribution in [0.2, 0.25) is 0 Å². The number of carbonyl (C=O) groups is 1. The maximum Gasteiger partial charge on any atom is 0.353 e. The lowest BCUT2D eigenvalue weighted by Crippen LogP contribution is -2.06. The summed E-state index contributed by atoms with van der Waals surface area (Å²) in [5.74, 6) is 0.363. The SMILES string of the molecule is CCCCCCCCCc1cc2sc(C(=O)Oc3ccc(CCC)cc3)cc2s1. The maximum atomic E-state index is 12.5. The molecule has 2 heterocycles. The van der Waals surface area contributed by atoms with Crippen molar-refractivity contribution >= 4 is 38.0 Å². The minimum Gasteiger partial charge on any atom is -0.422 e. The van der Waals surface area contributed by atoms with Crippen LogP contribution in [0.15, 0.2) is 36.4 Å². The Morgan fingerprint density at radius 1 is 0.793 bits per heavy atom. The minimum absolute atomic E-state index is 0.254. The first-order valence-electron chi connectivity index (χ1n) is 11.0. The third-order valence-corrected chi connectivity index (χ3v) is 7.49. The van der Waals surface area contributed by atoms with Gasteiger partial charge in [-0.25, -0.2) is 4.79 Å². The Labute approximate surface area is 182 Å². The molecular formula is C25H32O2S2. The van der Waals surface area contributed by atoms with Crippen LogP contribution < -0.4 is 4.74 Å². The predicted molar refractivity (Wildman–Crippen MR) is 127 cm³/mol. The van der Waals surface area contributed by atoms with Gasteiger partial charge in [-0.3, -0.25) is 0 Å². The van der Waals surface area contributed by atoms with Crippen molar-refractivity contribution in [3.8, 4) is 5.75 Å². The second-order valence-electron chi connectivity index (χ2n) is 7.71. The number of hydrogen-bond donors (Lipinski definition) is 0. The number of thiophene rings is 2. The molecule has 0 aliphatic carbocycles. The maximum absolute atomic E-state index is 12.5. The number of aryl methyl sites for hydroxylation is 2. The van der Waals surface area contributed by atoms with Gasteiger partial charge in [0, 0.05) is 14.3 Å². The summed E-state index contributed by atoms with van der Waals surface area (Å²) < 4.78 is 7.97. The van der Waals surface area contributed by atoms with Crippen molar-refractivity contribution in [2.45, 2.75) is 78.1 Å². The Morgan fingerprint density at radius 2 is 1.48 bits per heavy atom. The standard InChI is InChI=1S/C25H32O2S2/c1-3-5-6-7-8-9-10-12-21-17-22-23(28-21)18-24(29-22)25(26)27-20-15-13-19(11-4-2)14-16-20/h13-18H,3-12H2,1-2H3. The molecule has 0 unspecified atom stereocenters. The second kappa shape index (κ2) is 11.5. The van der Waals surface area contributed by atoms with Gasteiger partial charge in [-0.05, 0) is 49.1 Å². The van der Waals surface area contributed by atoms with Crippen LogP contribution in [0.5, 0.6) is 5.75 Å². The number of carbonyl (C=O) groups excluding carboxylic acids is 1. The lowest BCUT2D eigenvalue weighted by Gasteiger charge is -2.04. The van der Waals surface area contributed by atoms with Gasteiger partial charge in [0.25, 0.3) is 0 Å². The Hall–Kier alpha value is -1.65. The van der Waals surface area contributed by atoms with Crippen molar-refractivity contribution < 1.29 is 9.53 Å². The van der Waals surface area contributed by atoms with Crippen LogP contribution >= 0.6 is 22.7 Å². The average Bonchev–Trinajstić information content (AvgIpc) is 3.28. The highest BCUT2D eigenvalue weighted by Gasteiger charge is 2.15. The summed E-state index contributed by atoms with van der Waals surface area (Å²) in [4.78, 5) is 14.6. The zero-order valence-electron chi connectivity index (χ0n) is 17.7. The summed E-state index contributed by atoms with van der Waals surface area (Å²) in [7, 11) is 0. The van der Waals surface area contributed by atoms with E-state index in [-0.39, 0.29) is 5.97 Å². The lowest BCUT2D eigenvalue weighted by atomic mass is 10.1. The summed E-state index contributed by atoms with van der Waals surface area (Å²) in [6.45, 7) is 4.43. The molecule has 3 aromatic rings. The zero-order valence-corrected chi connectivity index (χ0v) is 19.3. The third-order valence-electron chi connectivity index (χ3n) is 5.16. The summed E-state index contributed by atoms with van der Waals surface area (Å²) >= 11 is 3.37. The number of benzene rings is 1. The van der Waals surface area contributed by atoms with E-state index in [2.05, 4.69) is 19.9 Å². The van der Waals surface area contributed by atoms with Crippen LogP contribution in [-0.4, -0.2) is 5.97 Å². The van der Waals surface area contributed by atoms with E-state index in [0.717, 1.165) is 19.3 Å². The first-order chi connectivity index (χ1) is 14.2. The molecule has 156 valence electrons. The molecular weight excluding hydrogens is 396 g/mol. The number of ether oxygens (including phenoxy) is 1. The quantitative estimate of drug-likeness (QED) is 0.164. The van der Waals surface area contributed by atoms with E-state index in [4.69, 9.17) is 4.74 Å². The molecule has 0 saturated carbocycles. The summed E-state index contributed by atoms with van der Waals surface area (Å²) in [5, 5.41) is 0. The van der Waals surface area contributed by atoms with Gasteiger partial charge in [-0.1, -0.05) is 70.9 Å². The molecule has 2 nitrogen and oxygen atoms in total. The van der Waals surface area contributed by atoms with Gasteiger partial charge in [0.05, 0.1) is 0 Å². The van der Waals surface area contributed by atoms with Gasteiger partial charge < -0.3 is 4.74 Å². The van der Waals surface area contributed by atoms with Gasteiger partial charge in [0.15, 0.2) is 0 Å². The van der Waals surface area contributed by atoms with Crippen molar-refractivity contribution in [1.29, 1.82) is 0 Å². The van der Waals surface area contributed by atoms with Crippen LogP contribution in [0, 0.1) is 0 Å². The highest BCUT2D eigenvalue weighted by Crippen LogP contribution is 2.34.